The minimum Gasteiger partial charge on any atom is -0.339 e. The number of rotatable bonds is 3. The maximum absolute atomic E-state index is 12.3. The number of thiophene rings is 1. The van der Waals surface area contributed by atoms with E-state index in [4.69, 9.17) is 0 Å². The van der Waals surface area contributed by atoms with Crippen LogP contribution in [-0.4, -0.2) is 52.8 Å². The summed E-state index contributed by atoms with van der Waals surface area (Å²) in [6, 6.07) is 7.41. The first kappa shape index (κ1) is 14.7. The smallest absolute Gasteiger partial charge is 0.254 e. The van der Waals surface area contributed by atoms with Gasteiger partial charge in [0.1, 0.15) is 0 Å². The van der Waals surface area contributed by atoms with Gasteiger partial charge < -0.3 is 9.80 Å². The Labute approximate surface area is 133 Å². The quantitative estimate of drug-likeness (QED) is 0.866. The highest BCUT2D eigenvalue weighted by molar-refractivity contribution is 7.08. The Hall–Kier alpha value is -2.21. The highest BCUT2D eigenvalue weighted by Gasteiger charge is 2.25. The first-order chi connectivity index (χ1) is 10.7. The fraction of sp³-hybridized carbons (Fsp3) is 0.312. The van der Waals surface area contributed by atoms with Gasteiger partial charge in [-0.3, -0.25) is 14.6 Å². The van der Waals surface area contributed by atoms with Crippen molar-refractivity contribution in [1.82, 2.24) is 14.8 Å². The van der Waals surface area contributed by atoms with Crippen LogP contribution in [0.25, 0.3) is 0 Å². The van der Waals surface area contributed by atoms with Crippen LogP contribution in [0.2, 0.25) is 0 Å². The molecule has 0 atom stereocenters. The molecule has 6 heteroatoms. The van der Waals surface area contributed by atoms with E-state index in [0.717, 1.165) is 11.3 Å². The molecule has 2 aromatic heterocycles. The number of amides is 2. The van der Waals surface area contributed by atoms with Crippen LogP contribution in [0.4, 0.5) is 0 Å². The fourth-order valence-electron chi connectivity index (χ4n) is 2.50. The van der Waals surface area contributed by atoms with Crippen LogP contribution in [0, 0.1) is 0 Å². The normalized spacial score (nSPS) is 14.9. The van der Waals surface area contributed by atoms with Gasteiger partial charge in [-0.05, 0) is 23.6 Å². The Kier molecular flexibility index (Phi) is 4.48. The number of piperazine rings is 1. The van der Waals surface area contributed by atoms with E-state index < -0.39 is 0 Å². The largest absolute Gasteiger partial charge is 0.339 e. The Morgan fingerprint density at radius 1 is 1.09 bits per heavy atom. The molecule has 22 heavy (non-hydrogen) atoms. The summed E-state index contributed by atoms with van der Waals surface area (Å²) in [5, 5.41) is 3.76. The van der Waals surface area contributed by atoms with Gasteiger partial charge in [-0.15, -0.1) is 0 Å². The molecule has 114 valence electrons. The molecule has 0 bridgehead atoms. The SMILES string of the molecule is O=C(Cc1ccccn1)N1CCN(C(=O)c2ccsc2)CC1. The number of hydrogen-bond donors (Lipinski definition) is 0. The molecular formula is C16H17N3O2S. The second kappa shape index (κ2) is 6.70. The van der Waals surface area contributed by atoms with Gasteiger partial charge in [0.05, 0.1) is 12.0 Å². The first-order valence-corrected chi connectivity index (χ1v) is 8.17. The van der Waals surface area contributed by atoms with E-state index in [0.29, 0.717) is 32.6 Å². The summed E-state index contributed by atoms with van der Waals surface area (Å²) in [4.78, 5) is 32.3. The fourth-order valence-corrected chi connectivity index (χ4v) is 3.13. The van der Waals surface area contributed by atoms with Gasteiger partial charge in [-0.2, -0.15) is 11.3 Å². The molecular weight excluding hydrogens is 298 g/mol. The highest BCUT2D eigenvalue weighted by atomic mass is 32.1. The van der Waals surface area contributed by atoms with Crippen molar-refractivity contribution in [3.63, 3.8) is 0 Å². The predicted octanol–water partition coefficient (Wildman–Crippen LogP) is 1.67. The molecule has 0 spiro atoms. The molecule has 2 amide bonds. The van der Waals surface area contributed by atoms with Crippen molar-refractivity contribution in [3.05, 3.63) is 52.5 Å². The third kappa shape index (κ3) is 3.33. The molecule has 2 aromatic rings. The van der Waals surface area contributed by atoms with E-state index in [1.807, 2.05) is 44.8 Å². The predicted molar refractivity (Wildman–Crippen MR) is 84.7 cm³/mol. The summed E-state index contributed by atoms with van der Waals surface area (Å²) in [6.45, 7) is 2.34. The van der Waals surface area contributed by atoms with E-state index in [2.05, 4.69) is 4.98 Å². The van der Waals surface area contributed by atoms with Gasteiger partial charge in [0.15, 0.2) is 0 Å². The van der Waals surface area contributed by atoms with E-state index >= 15 is 0 Å². The number of pyridine rings is 1. The van der Waals surface area contributed by atoms with Gasteiger partial charge in [0.25, 0.3) is 5.91 Å². The van der Waals surface area contributed by atoms with Crippen LogP contribution < -0.4 is 0 Å². The third-order valence-electron chi connectivity index (χ3n) is 3.75. The molecule has 0 unspecified atom stereocenters. The maximum atomic E-state index is 12.3. The van der Waals surface area contributed by atoms with Crippen molar-refractivity contribution in [2.75, 3.05) is 26.2 Å². The Balaban J connectivity index is 1.53. The van der Waals surface area contributed by atoms with Crippen LogP contribution in [0.5, 0.6) is 0 Å². The lowest BCUT2D eigenvalue weighted by molar-refractivity contribution is -0.132. The molecule has 3 rings (SSSR count). The topological polar surface area (TPSA) is 53.5 Å². The zero-order valence-corrected chi connectivity index (χ0v) is 13.0. The lowest BCUT2D eigenvalue weighted by Crippen LogP contribution is -2.51. The van der Waals surface area contributed by atoms with Gasteiger partial charge in [-0.1, -0.05) is 6.07 Å². The molecule has 0 saturated carbocycles. The molecule has 3 heterocycles. The summed E-state index contributed by atoms with van der Waals surface area (Å²) in [5.41, 5.74) is 1.52. The van der Waals surface area contributed by atoms with Crippen LogP contribution in [0.15, 0.2) is 41.2 Å². The van der Waals surface area contributed by atoms with Crippen LogP contribution in [0.3, 0.4) is 0 Å². The minimum atomic E-state index is 0.0538. The Morgan fingerprint density at radius 2 is 1.86 bits per heavy atom. The van der Waals surface area contributed by atoms with Gasteiger partial charge in [0, 0.05) is 43.4 Å². The first-order valence-electron chi connectivity index (χ1n) is 7.23. The zero-order valence-electron chi connectivity index (χ0n) is 12.1. The van der Waals surface area contributed by atoms with Crippen molar-refractivity contribution in [2.45, 2.75) is 6.42 Å². The van der Waals surface area contributed by atoms with E-state index in [9.17, 15) is 9.59 Å². The third-order valence-corrected chi connectivity index (χ3v) is 4.43. The van der Waals surface area contributed by atoms with Crippen molar-refractivity contribution < 1.29 is 9.59 Å². The van der Waals surface area contributed by atoms with Crippen molar-refractivity contribution in [1.29, 1.82) is 0 Å². The molecule has 0 aromatic carbocycles. The molecule has 1 aliphatic heterocycles. The number of carbonyl (C=O) groups is 2. The van der Waals surface area contributed by atoms with E-state index in [-0.39, 0.29) is 11.8 Å². The van der Waals surface area contributed by atoms with Crippen molar-refractivity contribution in [3.8, 4) is 0 Å². The maximum Gasteiger partial charge on any atom is 0.254 e. The molecule has 1 aliphatic rings. The number of aromatic nitrogens is 1. The zero-order chi connectivity index (χ0) is 15.4. The summed E-state index contributed by atoms with van der Waals surface area (Å²) in [6.07, 6.45) is 2.01. The van der Waals surface area contributed by atoms with Gasteiger partial charge in [-0.25, -0.2) is 0 Å². The van der Waals surface area contributed by atoms with E-state index in [1.165, 1.54) is 11.3 Å². The number of nitrogens with zero attached hydrogens (tertiary/aromatic N) is 3. The average Bonchev–Trinajstić information content (AvgIpc) is 3.10. The number of carbonyl (C=O) groups excluding carboxylic acids is 2. The second-order valence-electron chi connectivity index (χ2n) is 5.18. The summed E-state index contributed by atoms with van der Waals surface area (Å²) in [5.74, 6) is 0.124. The summed E-state index contributed by atoms with van der Waals surface area (Å²) in [7, 11) is 0. The lowest BCUT2D eigenvalue weighted by atomic mass is 10.2. The molecule has 0 N–H and O–H groups in total. The molecule has 1 fully saturated rings. The molecule has 0 aliphatic carbocycles. The van der Waals surface area contributed by atoms with Gasteiger partial charge >= 0.3 is 0 Å². The van der Waals surface area contributed by atoms with Gasteiger partial charge in [0.2, 0.25) is 5.91 Å². The standard InChI is InChI=1S/C16H17N3O2S/c20-15(11-14-3-1-2-5-17-14)18-6-8-19(9-7-18)16(21)13-4-10-22-12-13/h1-5,10,12H,6-9,11H2. The summed E-state index contributed by atoms with van der Waals surface area (Å²) < 4.78 is 0. The summed E-state index contributed by atoms with van der Waals surface area (Å²) >= 11 is 1.52. The van der Waals surface area contributed by atoms with Crippen molar-refractivity contribution >= 4 is 23.2 Å². The average molecular weight is 315 g/mol. The lowest BCUT2D eigenvalue weighted by Gasteiger charge is -2.34. The molecule has 5 nitrogen and oxygen atoms in total. The highest BCUT2D eigenvalue weighted by Crippen LogP contribution is 2.12. The van der Waals surface area contributed by atoms with Crippen LogP contribution in [-0.2, 0) is 11.2 Å². The second-order valence-corrected chi connectivity index (χ2v) is 5.96. The van der Waals surface area contributed by atoms with E-state index in [1.54, 1.807) is 6.20 Å². The molecule has 0 radical (unpaired) electrons. The molecule has 1 saturated heterocycles. The Morgan fingerprint density at radius 3 is 2.50 bits per heavy atom. The van der Waals surface area contributed by atoms with Crippen LogP contribution in [0.1, 0.15) is 16.1 Å². The van der Waals surface area contributed by atoms with Crippen LogP contribution >= 0.6 is 11.3 Å². The monoisotopic (exact) mass is 315 g/mol. The van der Waals surface area contributed by atoms with Crippen molar-refractivity contribution in [2.24, 2.45) is 0 Å². The number of hydrogen-bond acceptors (Lipinski definition) is 4. The minimum absolute atomic E-state index is 0.0538. The Bertz CT molecular complexity index is 635.